The van der Waals surface area contributed by atoms with E-state index < -0.39 is 99.2 Å². The van der Waals surface area contributed by atoms with Gasteiger partial charge in [0.15, 0.2) is 0 Å². The Morgan fingerprint density at radius 1 is 0.260 bits per heavy atom. The van der Waals surface area contributed by atoms with Gasteiger partial charge in [-0.2, -0.15) is 0 Å². The quantitative estimate of drug-likeness (QED) is 0.0438. The van der Waals surface area contributed by atoms with Gasteiger partial charge in [-0.1, -0.05) is 293 Å². The lowest BCUT2D eigenvalue weighted by molar-refractivity contribution is -0.0530. The Balaban J connectivity index is 0.00000164. The number of hydrogen-bond donors (Lipinski definition) is 1. The average Bonchev–Trinajstić information content (AvgIpc) is 1.78. The van der Waals surface area contributed by atoms with Crippen molar-refractivity contribution in [3.05, 3.63) is 0 Å². The van der Waals surface area contributed by atoms with Gasteiger partial charge in [0, 0.05) is 32.7 Å². The van der Waals surface area contributed by atoms with Crippen molar-refractivity contribution in [3.63, 3.8) is 0 Å². The molecule has 4 aliphatic rings. The Hall–Kier alpha value is -5.77. The summed E-state index contributed by atoms with van der Waals surface area (Å²) in [6.45, 7) is 53.0. The van der Waals surface area contributed by atoms with Gasteiger partial charge in [-0.25, -0.2) is 62.8 Å². The minimum absolute atomic E-state index is 0.302. The van der Waals surface area contributed by atoms with Crippen LogP contribution in [0.25, 0.3) is 0 Å². The predicted octanol–water partition coefficient (Wildman–Crippen LogP) is 33.6. The lowest BCUT2D eigenvalue weighted by Crippen LogP contribution is -2.48. The monoisotopic (exact) mass is 1860 g/mol. The van der Waals surface area contributed by atoms with Gasteiger partial charge in [-0.15, -0.1) is 0 Å². The van der Waals surface area contributed by atoms with E-state index >= 15 is 0 Å². The van der Waals surface area contributed by atoms with Crippen LogP contribution in [0.4, 0.5) is 43.2 Å². The average molecular weight is 1860 g/mol. The minimum Gasteiger partial charge on any atom is -0.444 e. The highest BCUT2D eigenvalue weighted by Gasteiger charge is 2.44. The van der Waals surface area contributed by atoms with E-state index in [-0.39, 0.29) is 6.09 Å². The zero-order valence-electron chi connectivity index (χ0n) is 89.6. The van der Waals surface area contributed by atoms with E-state index in [4.69, 9.17) is 42.6 Å². The van der Waals surface area contributed by atoms with Crippen LogP contribution in [0.15, 0.2) is 0 Å². The summed E-state index contributed by atoms with van der Waals surface area (Å²) in [5.74, 6) is 0.695. The second-order valence-corrected chi connectivity index (χ2v) is 43.4. The molecule has 0 aromatic carbocycles. The van der Waals surface area contributed by atoms with Crippen LogP contribution in [-0.4, -0.2) is 158 Å². The summed E-state index contributed by atoms with van der Waals surface area (Å²) in [4.78, 5) is 118. The van der Waals surface area contributed by atoms with Crippen LogP contribution in [0.3, 0.4) is 0 Å². The van der Waals surface area contributed by atoms with Gasteiger partial charge in [0.2, 0.25) is 0 Å². The third kappa shape index (κ3) is 60.4. The molecule has 0 unspecified atom stereocenters. The molecule has 23 heteroatoms. The van der Waals surface area contributed by atoms with Crippen LogP contribution in [0.2, 0.25) is 0 Å². The molecule has 0 radical (unpaired) electrons. The predicted molar refractivity (Wildman–Crippen MR) is 535 cm³/mol. The minimum atomic E-state index is -0.641. The third-order valence-electron chi connectivity index (χ3n) is 26.2. The van der Waals surface area contributed by atoms with Gasteiger partial charge in [-0.3, -0.25) is 0 Å². The summed E-state index contributed by atoms with van der Waals surface area (Å²) in [5, 5.41) is 2.78. The van der Waals surface area contributed by atoms with Crippen LogP contribution in [0.1, 0.15) is 546 Å². The highest BCUT2D eigenvalue weighted by Crippen LogP contribution is 2.41. The first kappa shape index (κ1) is 125. The molecule has 0 spiro atoms. The zero-order valence-corrected chi connectivity index (χ0v) is 89.6. The molecule has 0 bridgehead atoms. The van der Waals surface area contributed by atoms with Crippen LogP contribution in [0.5, 0.6) is 0 Å². The maximum absolute atomic E-state index is 13.3. The topological polar surface area (TPSA) is 262 Å². The van der Waals surface area contributed by atoms with E-state index in [1.807, 2.05) is 90.0 Å². The highest BCUT2D eigenvalue weighted by molar-refractivity contribution is 5.90. The Morgan fingerprint density at radius 2 is 0.481 bits per heavy atom. The summed E-state index contributed by atoms with van der Waals surface area (Å²) >= 11 is 0. The smallest absolute Gasteiger partial charge is 0.419 e. The lowest BCUT2D eigenvalue weighted by Gasteiger charge is -2.39. The van der Waals surface area contributed by atoms with E-state index in [0.29, 0.717) is 50.9 Å². The summed E-state index contributed by atoms with van der Waals surface area (Å²) in [5.41, 5.74) is -4.83. The number of alkyl carbamates (subject to hydrolysis) is 1. The molecule has 0 aromatic rings. The SMILES string of the molecule is CCCCCCCCCN(C(=O)OC(C)(C)C)C(=O)OC(C)(C)C.CCCCCCCCCN(C(=O)OC(C)(C)C1CCCCC1)C(=O)OC(C)(C)C1CCCCC1.CCCCCCCCCN(C(=O)OC(C)(C)CC)C(=O)OC(C)(C)CC.CCCCCCCCCN(C(=O)OC1(CC)CCCC1)C(=O)OC1(CC)CCCC1.CCCCCCCCCNC(=O)OC(C)(C)C. The highest BCUT2D eigenvalue weighted by atomic mass is 16.6. The number of imide groups is 4. The molecule has 0 heterocycles. The number of carbonyl (C=O) groups excluding carboxylic acids is 9. The fraction of sp³-hybridized carbons (Fsp3) is 0.917. The van der Waals surface area contributed by atoms with Crippen LogP contribution in [-0.2, 0) is 42.6 Å². The van der Waals surface area contributed by atoms with Gasteiger partial charge in [0.25, 0.3) is 0 Å². The molecule has 23 nitrogen and oxygen atoms in total. The number of unbranched alkanes of at least 4 members (excludes halogenated alkanes) is 30. The third-order valence-corrected chi connectivity index (χ3v) is 26.2. The molecule has 4 saturated carbocycles. The Bertz CT molecular complexity index is 2880. The number of nitrogens with one attached hydrogen (secondary N) is 1. The van der Waals surface area contributed by atoms with Gasteiger partial charge in [-0.05, 0) is 264 Å². The van der Waals surface area contributed by atoms with E-state index in [2.05, 4.69) is 53.8 Å². The molecular weight excluding hydrogens is 1660 g/mol. The molecule has 0 atom stereocenters. The van der Waals surface area contributed by atoms with Crippen LogP contribution >= 0.6 is 0 Å². The summed E-state index contributed by atoms with van der Waals surface area (Å²) < 4.78 is 50.8. The summed E-state index contributed by atoms with van der Waals surface area (Å²) in [6.07, 6.45) is 58.0. The molecule has 131 heavy (non-hydrogen) atoms. The molecule has 4 fully saturated rings. The number of nitrogens with zero attached hydrogens (tertiary/aromatic N) is 4. The fourth-order valence-electron chi connectivity index (χ4n) is 16.8. The molecule has 770 valence electrons. The van der Waals surface area contributed by atoms with Crippen LogP contribution < -0.4 is 5.32 Å². The first-order valence-corrected chi connectivity index (χ1v) is 53.6. The lowest BCUT2D eigenvalue weighted by atomic mass is 9.79. The number of hydrogen-bond acceptors (Lipinski definition) is 18. The van der Waals surface area contributed by atoms with Crippen molar-refractivity contribution < 1.29 is 85.8 Å². The first-order valence-electron chi connectivity index (χ1n) is 53.6. The van der Waals surface area contributed by atoms with Gasteiger partial charge in [0.05, 0.1) is 0 Å². The normalized spacial score (nSPS) is 15.3. The number of ether oxygens (including phenoxy) is 9. The van der Waals surface area contributed by atoms with Gasteiger partial charge >= 0.3 is 54.8 Å². The van der Waals surface area contributed by atoms with Crippen molar-refractivity contribution in [1.29, 1.82) is 0 Å². The number of rotatable bonds is 52. The first-order chi connectivity index (χ1) is 61.7. The maximum atomic E-state index is 13.3. The summed E-state index contributed by atoms with van der Waals surface area (Å²) in [6, 6.07) is 0. The molecule has 4 aliphatic carbocycles. The Labute approximate surface area is 802 Å². The molecule has 9 amide bonds. The second-order valence-electron chi connectivity index (χ2n) is 43.4. The van der Waals surface area contributed by atoms with E-state index in [1.165, 1.54) is 190 Å². The molecular formula is C108H205N5O18. The van der Waals surface area contributed by atoms with Crippen molar-refractivity contribution in [2.45, 2.75) is 596 Å². The summed E-state index contributed by atoms with van der Waals surface area (Å²) in [7, 11) is 0. The van der Waals surface area contributed by atoms with Gasteiger partial charge in [0.1, 0.15) is 50.4 Å². The molecule has 4 rings (SSSR count). The Morgan fingerprint density at radius 3 is 0.718 bits per heavy atom. The molecule has 1 N–H and O–H groups in total. The largest absolute Gasteiger partial charge is 0.444 e. The zero-order chi connectivity index (χ0) is 99.1. The molecule has 0 saturated heterocycles. The van der Waals surface area contributed by atoms with Crippen molar-refractivity contribution in [3.8, 4) is 0 Å². The fourth-order valence-corrected chi connectivity index (χ4v) is 16.8. The Kier molecular flexibility index (Phi) is 66.1. The maximum Gasteiger partial charge on any atom is 0.419 e. The van der Waals surface area contributed by atoms with E-state index in [1.54, 1.807) is 41.5 Å². The van der Waals surface area contributed by atoms with Gasteiger partial charge < -0.3 is 47.9 Å². The number of amides is 9. The van der Waals surface area contributed by atoms with Crippen molar-refractivity contribution in [1.82, 2.24) is 24.9 Å². The van der Waals surface area contributed by atoms with Crippen molar-refractivity contribution in [2.24, 2.45) is 11.8 Å². The number of carbonyl (C=O) groups is 9. The molecule has 0 aliphatic heterocycles. The second kappa shape index (κ2) is 69.1. The standard InChI is InChI=1S/C29H53NO4.C25H45NO4.C21H41NO4.C19H37NO4.C14H29NO2/c1-6-7-8-9-10-11-18-23-30(26(31)33-28(2,3)24-19-14-12-15-20-24)27(32)34-29(4,5)25-21-16-13-17-22-25;1-4-7-8-9-10-11-16-21-26(22(27)29-24(5-2)17-12-13-18-24)23(28)30-25(6-3)19-14-15-20-25;1-8-11-12-13-14-15-16-17-22(18(23)25-20(4,5)9-2)19(24)26-21(6,7)10-3;1-8-9-10-11-12-13-14-15-20(16(21)23-18(2,3)4)17(22)24-19(5,6)7;1-5-6-7-8-9-10-11-12-15-13(16)17-14(2,3)4/h24-25H,6-23H2,1-5H3;4-21H2,1-3H3;8-17H2,1-7H3;8-15H2,1-7H3;5-12H2,1-4H3,(H,15,16). The van der Waals surface area contributed by atoms with Crippen molar-refractivity contribution in [2.75, 3.05) is 32.7 Å². The van der Waals surface area contributed by atoms with Crippen molar-refractivity contribution >= 4 is 54.8 Å². The van der Waals surface area contributed by atoms with E-state index in [0.717, 1.165) is 190 Å². The van der Waals surface area contributed by atoms with Crippen LogP contribution in [0, 0.1) is 11.8 Å². The van der Waals surface area contributed by atoms with E-state index in [9.17, 15) is 43.2 Å². The molecule has 0 aromatic heterocycles.